The third-order valence-electron chi connectivity index (χ3n) is 8.19. The standard InChI is InChI=1S/C41H74NO8P/c1-3-5-7-9-11-13-15-17-19-21-23-25-27-29-31-33-40(43)47-37-39(38-49-51(45,46)48-36-35-42)50-41(44)34-32-30-28-26-24-22-20-18-16-14-12-10-8-6-4-2/h12,14,17-20,23,25,39H,3-11,13,15-16,21-22,24,26-38,42H2,1-2H3,(H,45,46)/b14-12+,19-17+,20-18+,25-23+/t39-/m1/s1. The number of hydrogen-bond acceptors (Lipinski definition) is 8. The lowest BCUT2D eigenvalue weighted by Gasteiger charge is -2.19. The van der Waals surface area contributed by atoms with Crippen molar-refractivity contribution in [2.24, 2.45) is 5.73 Å². The van der Waals surface area contributed by atoms with Gasteiger partial charge in [-0.15, -0.1) is 0 Å². The zero-order valence-corrected chi connectivity index (χ0v) is 33.2. The Morgan fingerprint density at radius 1 is 0.588 bits per heavy atom. The lowest BCUT2D eigenvalue weighted by atomic mass is 10.1. The van der Waals surface area contributed by atoms with Crippen LogP contribution in [0.4, 0.5) is 0 Å². The molecule has 296 valence electrons. The molecule has 0 spiro atoms. The molecular weight excluding hydrogens is 665 g/mol. The van der Waals surface area contributed by atoms with Crippen molar-refractivity contribution in [3.8, 4) is 0 Å². The second-order valence-electron chi connectivity index (χ2n) is 13.1. The van der Waals surface area contributed by atoms with Crippen LogP contribution in [-0.2, 0) is 32.7 Å². The molecule has 2 atom stereocenters. The van der Waals surface area contributed by atoms with Crippen LogP contribution in [0.3, 0.4) is 0 Å². The van der Waals surface area contributed by atoms with Crippen LogP contribution in [0.25, 0.3) is 0 Å². The predicted molar refractivity (Wildman–Crippen MR) is 210 cm³/mol. The third kappa shape index (κ3) is 37.5. The molecule has 51 heavy (non-hydrogen) atoms. The Hall–Kier alpha value is -2.03. The number of esters is 2. The molecule has 0 aliphatic rings. The molecule has 0 bridgehead atoms. The Morgan fingerprint density at radius 2 is 1.02 bits per heavy atom. The van der Waals surface area contributed by atoms with Crippen molar-refractivity contribution in [1.82, 2.24) is 0 Å². The summed E-state index contributed by atoms with van der Waals surface area (Å²) >= 11 is 0. The maximum atomic E-state index is 12.5. The number of phosphoric ester groups is 1. The highest BCUT2D eigenvalue weighted by atomic mass is 31.2. The van der Waals surface area contributed by atoms with Gasteiger partial charge in [0.2, 0.25) is 0 Å². The van der Waals surface area contributed by atoms with Crippen LogP contribution >= 0.6 is 7.82 Å². The zero-order chi connectivity index (χ0) is 37.5. The summed E-state index contributed by atoms with van der Waals surface area (Å²) in [5, 5.41) is 0. The van der Waals surface area contributed by atoms with Crippen LogP contribution in [0.1, 0.15) is 168 Å². The van der Waals surface area contributed by atoms with Crippen LogP contribution in [0.5, 0.6) is 0 Å². The zero-order valence-electron chi connectivity index (χ0n) is 32.3. The summed E-state index contributed by atoms with van der Waals surface area (Å²) in [5.74, 6) is -0.886. The van der Waals surface area contributed by atoms with Crippen molar-refractivity contribution < 1.29 is 37.6 Å². The number of rotatable bonds is 37. The van der Waals surface area contributed by atoms with Crippen LogP contribution in [-0.4, -0.2) is 49.3 Å². The van der Waals surface area contributed by atoms with Crippen LogP contribution < -0.4 is 5.73 Å². The predicted octanol–water partition coefficient (Wildman–Crippen LogP) is 11.2. The van der Waals surface area contributed by atoms with Gasteiger partial charge in [0, 0.05) is 19.4 Å². The molecule has 0 saturated heterocycles. The van der Waals surface area contributed by atoms with E-state index in [1.807, 2.05) is 0 Å². The number of hydrogen-bond donors (Lipinski definition) is 2. The Kier molecular flexibility index (Phi) is 36.2. The van der Waals surface area contributed by atoms with Gasteiger partial charge in [-0.2, -0.15) is 0 Å². The highest BCUT2D eigenvalue weighted by Crippen LogP contribution is 2.43. The van der Waals surface area contributed by atoms with E-state index in [-0.39, 0.29) is 32.6 Å². The van der Waals surface area contributed by atoms with Crippen LogP contribution in [0.2, 0.25) is 0 Å². The molecule has 0 aromatic carbocycles. The quantitative estimate of drug-likeness (QED) is 0.0276. The maximum Gasteiger partial charge on any atom is 0.472 e. The van der Waals surface area contributed by atoms with E-state index in [0.29, 0.717) is 12.8 Å². The molecule has 3 N–H and O–H groups in total. The average molecular weight is 740 g/mol. The number of phosphoric acid groups is 1. The van der Waals surface area contributed by atoms with Crippen molar-refractivity contribution in [3.05, 3.63) is 48.6 Å². The summed E-state index contributed by atoms with van der Waals surface area (Å²) in [7, 11) is -4.38. The molecule has 0 aliphatic heterocycles. The molecule has 9 nitrogen and oxygen atoms in total. The molecule has 0 amide bonds. The lowest BCUT2D eigenvalue weighted by molar-refractivity contribution is -0.161. The number of ether oxygens (including phenoxy) is 2. The Morgan fingerprint density at radius 3 is 1.57 bits per heavy atom. The van der Waals surface area contributed by atoms with Gasteiger partial charge in [0.1, 0.15) is 6.61 Å². The van der Waals surface area contributed by atoms with E-state index in [1.54, 1.807) is 0 Å². The normalized spacial score (nSPS) is 13.9. The van der Waals surface area contributed by atoms with E-state index in [2.05, 4.69) is 62.5 Å². The molecule has 10 heteroatoms. The van der Waals surface area contributed by atoms with E-state index in [4.69, 9.17) is 24.3 Å². The fourth-order valence-corrected chi connectivity index (χ4v) is 5.93. The first-order chi connectivity index (χ1) is 24.8. The molecule has 0 rings (SSSR count). The number of nitrogens with two attached hydrogens (primary N) is 1. The van der Waals surface area contributed by atoms with Crippen molar-refractivity contribution in [2.45, 2.75) is 174 Å². The van der Waals surface area contributed by atoms with E-state index >= 15 is 0 Å². The molecule has 0 aromatic heterocycles. The molecule has 1 unspecified atom stereocenters. The fraction of sp³-hybridized carbons (Fsp3) is 0.756. The van der Waals surface area contributed by atoms with Gasteiger partial charge in [-0.3, -0.25) is 18.6 Å². The van der Waals surface area contributed by atoms with E-state index in [0.717, 1.165) is 64.2 Å². The second-order valence-corrected chi connectivity index (χ2v) is 14.6. The third-order valence-corrected chi connectivity index (χ3v) is 9.17. The number of allylic oxidation sites excluding steroid dienone is 8. The van der Waals surface area contributed by atoms with Crippen LogP contribution in [0.15, 0.2) is 48.6 Å². The summed E-state index contributed by atoms with van der Waals surface area (Å²) in [4.78, 5) is 34.7. The average Bonchev–Trinajstić information content (AvgIpc) is 3.11. The Balaban J connectivity index is 4.29. The first kappa shape index (κ1) is 49.0. The van der Waals surface area contributed by atoms with Gasteiger partial charge in [-0.1, -0.05) is 127 Å². The topological polar surface area (TPSA) is 134 Å². The molecule has 0 fully saturated rings. The highest BCUT2D eigenvalue weighted by molar-refractivity contribution is 7.47. The summed E-state index contributed by atoms with van der Waals surface area (Å²) in [6.45, 7) is 3.63. The SMILES string of the molecule is CCCCC/C=C/C/C=C/CCCCCCCC(=O)O[C@H](COC(=O)CCCC/C=C/C/C=C/CCCCCCCC)COP(=O)(O)OCCN. The number of unbranched alkanes of at least 4 members (excludes halogenated alkanes) is 16. The lowest BCUT2D eigenvalue weighted by Crippen LogP contribution is -2.29. The van der Waals surface area contributed by atoms with Gasteiger partial charge in [-0.25, -0.2) is 4.57 Å². The Labute approximate surface area is 311 Å². The molecule has 0 radical (unpaired) electrons. The fourth-order valence-electron chi connectivity index (χ4n) is 5.16. The van der Waals surface area contributed by atoms with E-state index in [1.165, 1.54) is 64.2 Å². The van der Waals surface area contributed by atoms with Crippen molar-refractivity contribution in [3.63, 3.8) is 0 Å². The van der Waals surface area contributed by atoms with Gasteiger partial charge in [0.15, 0.2) is 6.10 Å². The second kappa shape index (κ2) is 37.7. The molecule has 0 saturated carbocycles. The van der Waals surface area contributed by atoms with E-state index in [9.17, 15) is 19.0 Å². The van der Waals surface area contributed by atoms with Crippen molar-refractivity contribution >= 4 is 19.8 Å². The van der Waals surface area contributed by atoms with E-state index < -0.39 is 32.5 Å². The number of carbonyl (C=O) groups is 2. The maximum absolute atomic E-state index is 12.5. The minimum absolute atomic E-state index is 0.0453. The summed E-state index contributed by atoms with van der Waals surface area (Å²) < 4.78 is 32.6. The van der Waals surface area contributed by atoms with Gasteiger partial charge in [-0.05, 0) is 77.0 Å². The smallest absolute Gasteiger partial charge is 0.462 e. The monoisotopic (exact) mass is 740 g/mol. The minimum atomic E-state index is -4.38. The first-order valence-corrected chi connectivity index (χ1v) is 21.6. The first-order valence-electron chi connectivity index (χ1n) is 20.1. The van der Waals surface area contributed by atoms with Crippen molar-refractivity contribution in [1.29, 1.82) is 0 Å². The van der Waals surface area contributed by atoms with Gasteiger partial charge in [0.25, 0.3) is 0 Å². The minimum Gasteiger partial charge on any atom is -0.462 e. The molecular formula is C41H74NO8P. The van der Waals surface area contributed by atoms with Gasteiger partial charge in [0.05, 0.1) is 13.2 Å². The summed E-state index contributed by atoms with van der Waals surface area (Å²) in [6, 6.07) is 0. The number of carbonyl (C=O) groups excluding carboxylic acids is 2. The molecule has 0 heterocycles. The highest BCUT2D eigenvalue weighted by Gasteiger charge is 2.25. The summed E-state index contributed by atoms with van der Waals surface area (Å²) in [5.41, 5.74) is 5.33. The van der Waals surface area contributed by atoms with Crippen molar-refractivity contribution in [2.75, 3.05) is 26.4 Å². The largest absolute Gasteiger partial charge is 0.472 e. The van der Waals surface area contributed by atoms with Gasteiger partial charge < -0.3 is 20.1 Å². The van der Waals surface area contributed by atoms with Gasteiger partial charge >= 0.3 is 19.8 Å². The molecule has 0 aliphatic carbocycles. The van der Waals surface area contributed by atoms with Crippen LogP contribution in [0, 0.1) is 0 Å². The summed E-state index contributed by atoms with van der Waals surface area (Å²) in [6.07, 6.45) is 41.4. The Bertz CT molecular complexity index is 981. The molecule has 0 aromatic rings.